The third-order valence-corrected chi connectivity index (χ3v) is 35.1. The van der Waals surface area contributed by atoms with Crippen LogP contribution in [0, 0.1) is 0 Å². The Morgan fingerprint density at radius 3 is 1.16 bits per heavy atom. The molecule has 0 bridgehead atoms. The maximum atomic E-state index is 6.56. The predicted molar refractivity (Wildman–Crippen MR) is 614 cm³/mol. The molecular weight excluding hydrogens is 1840 g/mol. The smallest absolute Gasteiger partial charge is 0.235 e. The van der Waals surface area contributed by atoms with Crippen LogP contribution in [0.25, 0.3) is 281 Å². The van der Waals surface area contributed by atoms with Gasteiger partial charge in [-0.25, -0.2) is 29.9 Å². The van der Waals surface area contributed by atoms with Gasteiger partial charge in [0, 0.05) is 185 Å². The lowest BCUT2D eigenvalue weighted by Crippen LogP contribution is -2.14. The first-order valence-corrected chi connectivity index (χ1v) is 52.5. The Balaban J connectivity index is 0.000000102. The molecule has 0 N–H and O–H groups in total. The second kappa shape index (κ2) is 32.1. The predicted octanol–water partition coefficient (Wildman–Crippen LogP) is 37.1. The number of benzene rings is 20. The zero-order valence-electron chi connectivity index (χ0n) is 79.0. The molecule has 13 heteroatoms. The summed E-state index contributed by atoms with van der Waals surface area (Å²) in [4.78, 5) is 32.2. The van der Waals surface area contributed by atoms with Gasteiger partial charge in [0.1, 0.15) is 11.2 Å². The summed E-state index contributed by atoms with van der Waals surface area (Å²) in [5.41, 5.74) is 31.1. The number of fused-ring (bicyclic) bond motifs is 35. The van der Waals surface area contributed by atoms with Crippen molar-refractivity contribution < 1.29 is 4.42 Å². The lowest BCUT2D eigenvalue weighted by atomic mass is 9.82. The summed E-state index contributed by atoms with van der Waals surface area (Å²) in [6, 6.07) is 152. The maximum Gasteiger partial charge on any atom is 0.235 e. The molecule has 32 rings (SSSR count). The molecule has 20 aromatic carbocycles. The van der Waals surface area contributed by atoms with Crippen molar-refractivity contribution in [2.45, 2.75) is 38.5 Å². The summed E-state index contributed by atoms with van der Waals surface area (Å²) in [7, 11) is 0. The van der Waals surface area contributed by atoms with Gasteiger partial charge >= 0.3 is 0 Å². The zero-order chi connectivity index (χ0) is 95.8. The first-order valence-electron chi connectivity index (χ1n) is 49.3. The van der Waals surface area contributed by atoms with Crippen molar-refractivity contribution in [1.29, 1.82) is 0 Å². The van der Waals surface area contributed by atoms with E-state index in [1.807, 2.05) is 51.4 Å². The fourth-order valence-corrected chi connectivity index (χ4v) is 28.4. The lowest BCUT2D eigenvalue weighted by Gasteiger charge is -2.21. The third-order valence-electron chi connectivity index (χ3n) is 30.5. The molecular formula is C132H82N8OS4. The van der Waals surface area contributed by atoms with Crippen molar-refractivity contribution >= 4 is 224 Å². The van der Waals surface area contributed by atoms with Gasteiger partial charge in [0.25, 0.3) is 0 Å². The number of hydrogen-bond acceptors (Lipinski definition) is 11. The van der Waals surface area contributed by atoms with Crippen molar-refractivity contribution in [2.24, 2.45) is 0 Å². The molecule has 0 amide bonds. The van der Waals surface area contributed by atoms with Crippen molar-refractivity contribution in [1.82, 2.24) is 39.0 Å². The highest BCUT2D eigenvalue weighted by Gasteiger charge is 2.41. The van der Waals surface area contributed by atoms with Gasteiger partial charge in [-0.3, -0.25) is 4.57 Å². The molecule has 10 aromatic heterocycles. The molecule has 30 aromatic rings. The molecule has 0 aliphatic heterocycles. The van der Waals surface area contributed by atoms with E-state index >= 15 is 0 Å². The molecule has 680 valence electrons. The van der Waals surface area contributed by atoms with Gasteiger partial charge < -0.3 is 8.98 Å². The first kappa shape index (κ1) is 83.5. The Hall–Kier alpha value is -17.3. The number of furan rings is 1. The number of aromatic nitrogens is 8. The first-order chi connectivity index (χ1) is 71.4. The molecule has 0 radical (unpaired) electrons. The minimum Gasteiger partial charge on any atom is -0.455 e. The van der Waals surface area contributed by atoms with E-state index in [1.54, 1.807) is 0 Å². The Morgan fingerprint density at radius 1 is 0.228 bits per heavy atom. The van der Waals surface area contributed by atoms with E-state index in [4.69, 9.17) is 34.3 Å². The Bertz CT molecular complexity index is 10400. The molecule has 145 heavy (non-hydrogen) atoms. The number of nitrogens with zero attached hydrogens (tertiary/aromatic N) is 8. The summed E-state index contributed by atoms with van der Waals surface area (Å²) in [6.07, 6.45) is 0. The SMILES string of the molecule is CC1(C)c2ccc(-c3nc(-c4ccccc4)c4c(ccc5sc6ccccc6c54)n3)cc2-c2c1ccc1c2oc2ccccc21.CC1(C)c2ccc(-c3nc(-c4ccccc4)c4c(ccc5sc6ccccc6c54)n3)cc2-c2c1ccc1c2sc2ccccc21.c1ccc(-c2nc(-n3c4ccccc4c4ccc(-c5ccc6c(c5)c5ccccc5n6-c5ccccc5)cc43)nc3ccc4sc5ccccc5c4c23)cc1. The van der Waals surface area contributed by atoms with E-state index < -0.39 is 0 Å². The quantitative estimate of drug-likeness (QED) is 0.149. The average molecular weight is 1920 g/mol. The van der Waals surface area contributed by atoms with E-state index in [9.17, 15) is 0 Å². The van der Waals surface area contributed by atoms with Gasteiger partial charge in [0.05, 0.1) is 55.7 Å². The van der Waals surface area contributed by atoms with E-state index in [-0.39, 0.29) is 10.8 Å². The number of para-hydroxylation sites is 4. The highest BCUT2D eigenvalue weighted by Crippen LogP contribution is 2.58. The number of hydrogen-bond donors (Lipinski definition) is 0. The van der Waals surface area contributed by atoms with Crippen LogP contribution in [-0.2, 0) is 10.8 Å². The highest BCUT2D eigenvalue weighted by molar-refractivity contribution is 7.27. The summed E-state index contributed by atoms with van der Waals surface area (Å²) >= 11 is 7.39. The summed E-state index contributed by atoms with van der Waals surface area (Å²) in [5, 5.41) is 20.6. The van der Waals surface area contributed by atoms with E-state index in [0.717, 1.165) is 133 Å². The van der Waals surface area contributed by atoms with Crippen molar-refractivity contribution in [3.05, 3.63) is 447 Å². The Labute approximate surface area is 847 Å². The molecule has 10 heterocycles. The molecule has 0 spiro atoms. The van der Waals surface area contributed by atoms with Gasteiger partial charge in [-0.1, -0.05) is 331 Å². The summed E-state index contributed by atoms with van der Waals surface area (Å²) in [6.45, 7) is 9.32. The molecule has 2 aliphatic rings. The number of thiophene rings is 4. The highest BCUT2D eigenvalue weighted by atomic mass is 32.1. The zero-order valence-corrected chi connectivity index (χ0v) is 82.3. The second-order valence-electron chi connectivity index (χ2n) is 39.3. The van der Waals surface area contributed by atoms with Crippen molar-refractivity contribution in [3.63, 3.8) is 0 Å². The van der Waals surface area contributed by atoms with Gasteiger partial charge in [-0.15, -0.1) is 45.3 Å². The van der Waals surface area contributed by atoms with Crippen LogP contribution in [0.5, 0.6) is 0 Å². The minimum atomic E-state index is -0.151. The largest absolute Gasteiger partial charge is 0.455 e. The van der Waals surface area contributed by atoms with Crippen LogP contribution >= 0.6 is 45.3 Å². The minimum absolute atomic E-state index is 0.0847. The molecule has 2 aliphatic carbocycles. The van der Waals surface area contributed by atoms with Gasteiger partial charge in [-0.05, 0) is 166 Å². The normalized spacial score (nSPS) is 13.1. The molecule has 0 fully saturated rings. The van der Waals surface area contributed by atoms with Crippen LogP contribution in [0.3, 0.4) is 0 Å². The maximum absolute atomic E-state index is 6.56. The van der Waals surface area contributed by atoms with E-state index in [0.29, 0.717) is 5.95 Å². The molecule has 0 unspecified atom stereocenters. The van der Waals surface area contributed by atoms with Crippen LogP contribution in [0.15, 0.2) is 429 Å². The monoisotopic (exact) mass is 1920 g/mol. The van der Waals surface area contributed by atoms with Gasteiger partial charge in [0.15, 0.2) is 11.6 Å². The Kier molecular flexibility index (Phi) is 18.5. The van der Waals surface area contributed by atoms with Crippen molar-refractivity contribution in [3.8, 4) is 102 Å². The lowest BCUT2D eigenvalue weighted by molar-refractivity contribution is 0.653. The molecule has 9 nitrogen and oxygen atoms in total. The van der Waals surface area contributed by atoms with Crippen LogP contribution < -0.4 is 0 Å². The topological polar surface area (TPSA) is 100 Å². The van der Waals surface area contributed by atoms with Gasteiger partial charge in [-0.2, -0.15) is 0 Å². The summed E-state index contributed by atoms with van der Waals surface area (Å²) in [5.74, 6) is 2.15. The van der Waals surface area contributed by atoms with E-state index in [2.05, 4.69) is 455 Å². The fraction of sp³-hybridized carbons (Fsp3) is 0.0455. The average Bonchev–Trinajstić information content (AvgIpc) is 1.54. The van der Waals surface area contributed by atoms with Crippen LogP contribution in [-0.4, -0.2) is 39.0 Å². The van der Waals surface area contributed by atoms with Crippen LogP contribution in [0.2, 0.25) is 0 Å². The molecule has 0 saturated carbocycles. The Morgan fingerprint density at radius 2 is 0.614 bits per heavy atom. The van der Waals surface area contributed by atoms with Crippen LogP contribution in [0.1, 0.15) is 49.9 Å². The van der Waals surface area contributed by atoms with Gasteiger partial charge in [0.2, 0.25) is 5.95 Å². The van der Waals surface area contributed by atoms with Crippen molar-refractivity contribution in [2.75, 3.05) is 0 Å². The fourth-order valence-electron chi connectivity index (χ4n) is 23.8. The third kappa shape index (κ3) is 12.8. The van der Waals surface area contributed by atoms with E-state index in [1.165, 1.54) is 163 Å². The summed E-state index contributed by atoms with van der Waals surface area (Å²) < 4.78 is 21.5. The standard InChI is InChI=1S/C50H30N4S.C41H26N2OS.C41H26N2S2/c1-3-13-31(14-4-1)49-48-40(26-28-46-47(48)38-19-9-12-22-45(38)55-46)51-50(52-49)54-42-21-11-7-17-35(42)37-25-23-33(30-44(37)54)32-24-27-43-39(29-32)36-18-8-10-20-41(36)53(43)34-15-5-2-6-16-34;1-41(2)29-18-16-24(22-28(29)35-30(41)19-17-26-25-12-6-8-14-32(25)44-39(26)35)40-42-31-20-21-34-36(27-13-7-9-15-33(27)45-34)37(31)38(43-40)23-10-4-3-5-11-23;1-41(2)29-18-16-24(22-28(29)35-30(41)19-17-26-25-12-6-8-14-32(25)45-39(26)35)40-42-31-20-21-34-36(27-13-7-9-15-33(27)44-34)37(31)38(43-40)23-10-4-3-5-11-23/h1-30H;2*3-22H,1-2H3. The second-order valence-corrected chi connectivity index (χ2v) is 43.6. The van der Waals surface area contributed by atoms with Crippen LogP contribution in [0.4, 0.5) is 0 Å². The number of rotatable bonds is 8. The molecule has 0 saturated heterocycles. The molecule has 0 atom stereocenters.